The maximum Gasteiger partial charge on any atom is 0.495 e. The summed E-state index contributed by atoms with van der Waals surface area (Å²) in [7, 11) is 2.69. The molecule has 0 radical (unpaired) electrons. The van der Waals surface area contributed by atoms with Gasteiger partial charge in [0.05, 0.1) is 28.3 Å². The van der Waals surface area contributed by atoms with Crippen molar-refractivity contribution in [2.75, 3.05) is 99.0 Å². The molecule has 15 rings (SSSR count). The SMILES string of the molecule is CC(=O)OCc1c(B2OC(C)(C)C(C)(C)O2)cccc1N1CCc2cc(C3CC3)ccc2C1=O.CCN1CCN(C(=O)c2ccc(Nc3nc(-c4cccc(N5CCc6cc(C7CC7)ccc6C5=O)c4COC(C)=O)cn(C)c3=O)cc2)CC1.CCN1CCN(C(=O)c2ccc(Nc3nc(Br)cn(C)c3=O)cc2)CC1. The Balaban J connectivity index is 0.000000154. The van der Waals surface area contributed by atoms with E-state index in [0.29, 0.717) is 99.6 Å². The van der Waals surface area contributed by atoms with E-state index in [1.165, 1.54) is 59.8 Å². The van der Waals surface area contributed by atoms with E-state index >= 15 is 0 Å². The molecule has 110 heavy (non-hydrogen) atoms. The van der Waals surface area contributed by atoms with Gasteiger partial charge in [0.25, 0.3) is 34.7 Å². The number of carbonyl (C=O) groups is 6. The molecule has 0 atom stereocenters. The zero-order valence-electron chi connectivity index (χ0n) is 64.3. The minimum Gasteiger partial charge on any atom is -0.461 e. The van der Waals surface area contributed by atoms with Crippen molar-refractivity contribution in [2.45, 2.75) is 130 Å². The van der Waals surface area contributed by atoms with Crippen LogP contribution in [0.25, 0.3) is 11.3 Å². The van der Waals surface area contributed by atoms with Crippen molar-refractivity contribution in [1.29, 1.82) is 0 Å². The number of anilines is 6. The number of benzene rings is 6. The van der Waals surface area contributed by atoms with Crippen LogP contribution < -0.4 is 37.0 Å². The molecule has 7 heterocycles. The number of ether oxygens (including phenoxy) is 2. The monoisotopic (exact) mass is 1550 g/mol. The number of hydrogen-bond donors (Lipinski definition) is 2. The van der Waals surface area contributed by atoms with Gasteiger partial charge in [0, 0.05) is 156 Å². The number of aromatic nitrogens is 4. The van der Waals surface area contributed by atoms with Crippen LogP contribution >= 0.6 is 15.9 Å². The fraction of sp³-hybridized carbons (Fsp3) is 0.405. The lowest BCUT2D eigenvalue weighted by Gasteiger charge is -2.34. The smallest absolute Gasteiger partial charge is 0.461 e. The predicted molar refractivity (Wildman–Crippen MR) is 428 cm³/mol. The Labute approximate surface area is 650 Å². The van der Waals surface area contributed by atoms with Gasteiger partial charge in [0.2, 0.25) is 0 Å². The van der Waals surface area contributed by atoms with Gasteiger partial charge in [-0.3, -0.25) is 38.4 Å². The lowest BCUT2D eigenvalue weighted by molar-refractivity contribution is -0.143. The number of amides is 4. The molecular weight excluding hydrogens is 1460 g/mol. The highest BCUT2D eigenvalue weighted by Gasteiger charge is 2.53. The van der Waals surface area contributed by atoms with Crippen LogP contribution in [-0.2, 0) is 68.5 Å². The van der Waals surface area contributed by atoms with Crippen LogP contribution in [0.15, 0.2) is 148 Å². The summed E-state index contributed by atoms with van der Waals surface area (Å²) < 4.78 is 27.0. The Morgan fingerprint density at radius 3 is 1.40 bits per heavy atom. The van der Waals surface area contributed by atoms with Crippen molar-refractivity contribution in [3.05, 3.63) is 215 Å². The lowest BCUT2D eigenvalue weighted by Crippen LogP contribution is -2.48. The van der Waals surface area contributed by atoms with Gasteiger partial charge in [-0.2, -0.15) is 0 Å². The van der Waals surface area contributed by atoms with Crippen LogP contribution in [0.3, 0.4) is 0 Å². The molecule has 574 valence electrons. The second-order valence-corrected chi connectivity index (χ2v) is 31.0. The standard InChI is InChI=1S/C39H42N6O5.C27H32BNO5.C18H22BrN5O2/c1-4-43-18-20-44(21-19-43)37(47)27-10-13-30(14-11-27)40-36-39(49)42(3)23-34(41-36)32-6-5-7-35(33(32)24-50-25(2)46)45-17-16-29-22-28(26-8-9-26)12-15-31(29)38(45)48;1-17(30)32-16-22-23(28-33-26(2,3)27(4,5)34-28)7-6-8-24(22)29-14-13-20-15-19(18-9-10-18)11-12-21(20)25(29)31;1-3-23-8-10-24(11-9-23)17(25)13-4-6-14(7-5-13)20-16-18(26)22(2)12-15(19)21-16/h5-7,10-15,22-23,26H,4,8-9,16-21,24H2,1-3H3,(H,40,41);6-8,11-12,15,18H,9-10,13-14,16H2,1-5H3;4-7,12H,3,8-11H2,1-2H3,(H,20,21). The molecule has 6 aromatic carbocycles. The molecule has 2 aliphatic carbocycles. The Morgan fingerprint density at radius 1 is 0.527 bits per heavy atom. The van der Waals surface area contributed by atoms with E-state index in [1.54, 1.807) is 84.8 Å². The lowest BCUT2D eigenvalue weighted by atomic mass is 9.75. The second kappa shape index (κ2) is 33.2. The topological polar surface area (TPSA) is 253 Å². The molecule has 26 heteroatoms. The van der Waals surface area contributed by atoms with Gasteiger partial charge in [-0.25, -0.2) is 9.97 Å². The Morgan fingerprint density at radius 2 is 0.955 bits per heavy atom. The molecule has 8 aromatic rings. The molecule has 2 N–H and O–H groups in total. The molecule has 0 spiro atoms. The molecule has 24 nitrogen and oxygen atoms in total. The van der Waals surface area contributed by atoms with E-state index in [0.717, 1.165) is 92.2 Å². The number of nitrogens with one attached hydrogen (secondary N) is 2. The number of carbonyl (C=O) groups excluding carboxylic acids is 6. The third-order valence-electron chi connectivity index (χ3n) is 22.2. The van der Waals surface area contributed by atoms with E-state index in [2.05, 4.69) is 79.5 Å². The normalized spacial score (nSPS) is 17.4. The number of esters is 2. The van der Waals surface area contributed by atoms with E-state index in [4.69, 9.17) is 23.8 Å². The van der Waals surface area contributed by atoms with E-state index < -0.39 is 24.3 Å². The van der Waals surface area contributed by atoms with Gasteiger partial charge in [-0.1, -0.05) is 62.4 Å². The fourth-order valence-electron chi connectivity index (χ4n) is 14.6. The van der Waals surface area contributed by atoms with Gasteiger partial charge < -0.3 is 67.9 Å². The maximum absolute atomic E-state index is 13.9. The molecule has 5 fully saturated rings. The first kappa shape index (κ1) is 78.0. The number of fused-ring (bicyclic) bond motifs is 2. The molecule has 0 bridgehead atoms. The van der Waals surface area contributed by atoms with Crippen molar-refractivity contribution in [3.8, 4) is 11.3 Å². The average molecular weight is 1560 g/mol. The molecule has 0 unspecified atom stereocenters. The number of nitrogens with zero attached hydrogens (tertiary/aromatic N) is 10. The Hall–Kier alpha value is -10.1. The van der Waals surface area contributed by atoms with E-state index in [-0.39, 0.29) is 65.6 Å². The number of likely N-dealkylation sites (N-methyl/N-ethyl adjacent to an activating group) is 2. The summed E-state index contributed by atoms with van der Waals surface area (Å²) in [5.74, 6) is 0.669. The summed E-state index contributed by atoms with van der Waals surface area (Å²) in [4.78, 5) is 123. The summed E-state index contributed by atoms with van der Waals surface area (Å²) in [5, 5.41) is 6.15. The van der Waals surface area contributed by atoms with Crippen LogP contribution in [-0.4, -0.2) is 171 Å². The number of rotatable bonds is 18. The highest BCUT2D eigenvalue weighted by Crippen LogP contribution is 2.44. The number of hydrogen-bond acceptors (Lipinski definition) is 18. The first-order chi connectivity index (χ1) is 52.7. The van der Waals surface area contributed by atoms with Gasteiger partial charge in [-0.05, 0) is 208 Å². The van der Waals surface area contributed by atoms with Crippen LogP contribution in [0.2, 0.25) is 0 Å². The minimum atomic E-state index is -0.621. The summed E-state index contributed by atoms with van der Waals surface area (Å²) in [5.41, 5.74) is 11.8. The van der Waals surface area contributed by atoms with Crippen LogP contribution in [0.4, 0.5) is 34.4 Å². The van der Waals surface area contributed by atoms with E-state index in [9.17, 15) is 38.4 Å². The Bertz CT molecular complexity index is 4930. The Kier molecular flexibility index (Phi) is 23.6. The number of aryl methyl sites for hydroxylation is 2. The quantitative estimate of drug-likeness (QED) is 0.0598. The summed E-state index contributed by atoms with van der Waals surface area (Å²) in [6.45, 7) is 24.5. The molecule has 7 aliphatic rings. The third kappa shape index (κ3) is 17.5. The first-order valence-electron chi connectivity index (χ1n) is 38.1. The molecule has 3 saturated heterocycles. The van der Waals surface area contributed by atoms with Crippen LogP contribution in [0.5, 0.6) is 0 Å². The zero-order valence-corrected chi connectivity index (χ0v) is 65.9. The van der Waals surface area contributed by atoms with E-state index in [1.807, 2.05) is 86.0 Å². The fourth-order valence-corrected chi connectivity index (χ4v) is 15.1. The van der Waals surface area contributed by atoms with Gasteiger partial charge in [0.15, 0.2) is 11.6 Å². The average Bonchev–Trinajstić information content (AvgIpc) is 1.50. The van der Waals surface area contributed by atoms with Gasteiger partial charge in [0.1, 0.15) is 17.8 Å². The molecule has 5 aliphatic heterocycles. The summed E-state index contributed by atoms with van der Waals surface area (Å²) in [6, 6.07) is 38.0. The molecule has 4 amide bonds. The van der Waals surface area contributed by atoms with Gasteiger partial charge in [-0.15, -0.1) is 0 Å². The molecule has 2 saturated carbocycles. The van der Waals surface area contributed by atoms with Crippen molar-refractivity contribution in [2.24, 2.45) is 14.1 Å². The number of halogens is 1. The zero-order chi connectivity index (χ0) is 77.9. The van der Waals surface area contributed by atoms with Crippen molar-refractivity contribution < 1.29 is 47.5 Å². The maximum atomic E-state index is 13.9. The largest absolute Gasteiger partial charge is 0.495 e. The first-order valence-corrected chi connectivity index (χ1v) is 38.9. The van der Waals surface area contributed by atoms with Crippen molar-refractivity contribution in [3.63, 3.8) is 0 Å². The molecule has 2 aromatic heterocycles. The highest BCUT2D eigenvalue weighted by atomic mass is 79.9. The highest BCUT2D eigenvalue weighted by molar-refractivity contribution is 9.10. The number of piperazine rings is 2. The summed E-state index contributed by atoms with van der Waals surface area (Å²) in [6.07, 6.45) is 9.62. The predicted octanol–water partition coefficient (Wildman–Crippen LogP) is 11.3. The van der Waals surface area contributed by atoms with Crippen LogP contribution in [0.1, 0.15) is 168 Å². The van der Waals surface area contributed by atoms with Gasteiger partial charge >= 0.3 is 19.1 Å². The summed E-state index contributed by atoms with van der Waals surface area (Å²) >= 11 is 3.28. The van der Waals surface area contributed by atoms with Crippen molar-refractivity contribution in [1.82, 2.24) is 38.7 Å². The second-order valence-electron chi connectivity index (χ2n) is 30.2. The minimum absolute atomic E-state index is 0.0118. The third-order valence-corrected chi connectivity index (χ3v) is 22.6. The van der Waals surface area contributed by atoms with Crippen LogP contribution in [0, 0.1) is 0 Å². The molecular formula is C84H96BBrN12O12. The van der Waals surface area contributed by atoms with Crippen molar-refractivity contribution >= 4 is 98.5 Å².